The van der Waals surface area contributed by atoms with Gasteiger partial charge < -0.3 is 10.6 Å². The van der Waals surface area contributed by atoms with Crippen LogP contribution in [0.2, 0.25) is 0 Å². The summed E-state index contributed by atoms with van der Waals surface area (Å²) in [6, 6.07) is 10.5. The minimum atomic E-state index is 0.00506. The molecule has 140 valence electrons. The zero-order valence-corrected chi connectivity index (χ0v) is 16.4. The van der Waals surface area contributed by atoms with Gasteiger partial charge in [0, 0.05) is 30.2 Å². The molecule has 0 spiro atoms. The van der Waals surface area contributed by atoms with Gasteiger partial charge in [0.2, 0.25) is 5.95 Å². The quantitative estimate of drug-likeness (QED) is 0.661. The number of fused-ring (bicyclic) bond motifs is 1. The minimum Gasteiger partial charge on any atom is -0.369 e. The van der Waals surface area contributed by atoms with Crippen molar-refractivity contribution in [2.75, 3.05) is 12.0 Å². The number of carbonyl (C=O) groups excluding carboxylic acids is 1. The molecule has 2 N–H and O–H groups in total. The van der Waals surface area contributed by atoms with Crippen LogP contribution in [0.3, 0.4) is 0 Å². The fraction of sp³-hybridized carbons (Fsp3) is 0.350. The van der Waals surface area contributed by atoms with E-state index < -0.39 is 0 Å². The largest absolute Gasteiger partial charge is 0.369 e. The highest BCUT2D eigenvalue weighted by molar-refractivity contribution is 7.98. The zero-order valence-electron chi connectivity index (χ0n) is 15.6. The second-order valence-electron chi connectivity index (χ2n) is 6.79. The smallest absolute Gasteiger partial charge is 0.256 e. The maximum atomic E-state index is 13.2. The van der Waals surface area contributed by atoms with Crippen LogP contribution < -0.4 is 5.73 Å². The van der Waals surface area contributed by atoms with E-state index in [1.54, 1.807) is 24.0 Å². The van der Waals surface area contributed by atoms with E-state index >= 15 is 0 Å². The van der Waals surface area contributed by atoms with Gasteiger partial charge in [-0.1, -0.05) is 12.1 Å². The molecule has 1 fully saturated rings. The summed E-state index contributed by atoms with van der Waals surface area (Å²) in [5.74, 6) is 0.433. The summed E-state index contributed by atoms with van der Waals surface area (Å²) in [5, 5.41) is 0. The number of imidazole rings is 1. The first-order valence-corrected chi connectivity index (χ1v) is 10.4. The molecule has 0 radical (unpaired) electrons. The lowest BCUT2D eigenvalue weighted by molar-refractivity contribution is 0.0729. The van der Waals surface area contributed by atoms with Crippen LogP contribution in [-0.2, 0) is 13.1 Å². The van der Waals surface area contributed by atoms with Crippen LogP contribution in [0.4, 0.5) is 5.95 Å². The number of nitrogen functional groups attached to an aromatic ring is 1. The van der Waals surface area contributed by atoms with Crippen molar-refractivity contribution in [1.82, 2.24) is 19.4 Å². The molecule has 0 saturated heterocycles. The van der Waals surface area contributed by atoms with Crippen LogP contribution in [0.25, 0.3) is 11.2 Å². The van der Waals surface area contributed by atoms with Crippen LogP contribution in [0.5, 0.6) is 0 Å². The molecule has 3 aromatic rings. The topological polar surface area (TPSA) is 77.0 Å². The number of hydrogen-bond donors (Lipinski definition) is 1. The summed E-state index contributed by atoms with van der Waals surface area (Å²) in [4.78, 5) is 25.2. The van der Waals surface area contributed by atoms with E-state index in [0.29, 0.717) is 36.2 Å². The average Bonchev–Trinajstić information content (AvgIpc) is 3.47. The number of aromatic nitrogens is 3. The Balaban J connectivity index is 1.61. The predicted octanol–water partition coefficient (Wildman–Crippen LogP) is 3.56. The Morgan fingerprint density at radius 1 is 1.33 bits per heavy atom. The van der Waals surface area contributed by atoms with Crippen molar-refractivity contribution < 1.29 is 4.79 Å². The first kappa shape index (κ1) is 17.9. The number of aryl methyl sites for hydroxylation is 1. The number of anilines is 1. The maximum Gasteiger partial charge on any atom is 0.256 e. The number of nitrogens with zero attached hydrogens (tertiary/aromatic N) is 4. The van der Waals surface area contributed by atoms with Gasteiger partial charge >= 0.3 is 0 Å². The fourth-order valence-electron chi connectivity index (χ4n) is 3.30. The molecular weight excluding hydrogens is 358 g/mol. The third kappa shape index (κ3) is 3.51. The SMILES string of the molecule is CCn1c(N)nc2cc(C(=O)N(Cc3ccc(SC)cc3)C3CC3)cnc21. The fourth-order valence-corrected chi connectivity index (χ4v) is 3.71. The molecule has 0 unspecified atom stereocenters. The highest BCUT2D eigenvalue weighted by Crippen LogP contribution is 2.30. The Labute approximate surface area is 162 Å². The lowest BCUT2D eigenvalue weighted by Gasteiger charge is -2.22. The van der Waals surface area contributed by atoms with Crippen molar-refractivity contribution in [3.8, 4) is 0 Å². The Bertz CT molecular complexity index is 978. The number of thioether (sulfide) groups is 1. The van der Waals surface area contributed by atoms with Gasteiger partial charge in [0.15, 0.2) is 5.65 Å². The lowest BCUT2D eigenvalue weighted by atomic mass is 10.1. The van der Waals surface area contributed by atoms with E-state index in [9.17, 15) is 4.79 Å². The number of rotatable bonds is 6. The predicted molar refractivity (Wildman–Crippen MR) is 109 cm³/mol. The normalized spacial score (nSPS) is 13.9. The van der Waals surface area contributed by atoms with Gasteiger partial charge in [-0.3, -0.25) is 9.36 Å². The summed E-state index contributed by atoms with van der Waals surface area (Å²) in [7, 11) is 0. The summed E-state index contributed by atoms with van der Waals surface area (Å²) in [6.45, 7) is 3.31. The molecule has 6 nitrogen and oxygen atoms in total. The molecule has 4 rings (SSSR count). The number of pyridine rings is 1. The van der Waals surface area contributed by atoms with Crippen molar-refractivity contribution in [1.29, 1.82) is 0 Å². The first-order valence-electron chi connectivity index (χ1n) is 9.16. The molecular formula is C20H23N5OS. The third-order valence-corrected chi connectivity index (χ3v) is 5.68. The van der Waals surface area contributed by atoms with Crippen LogP contribution in [0, 0.1) is 0 Å². The molecule has 1 aliphatic rings. The number of nitrogens with two attached hydrogens (primary N) is 1. The molecule has 1 aliphatic carbocycles. The molecule has 0 bridgehead atoms. The number of carbonyl (C=O) groups is 1. The van der Waals surface area contributed by atoms with Gasteiger partial charge in [0.05, 0.1) is 5.56 Å². The molecule has 1 amide bonds. The van der Waals surface area contributed by atoms with E-state index in [1.807, 2.05) is 16.4 Å². The Morgan fingerprint density at radius 2 is 2.07 bits per heavy atom. The Kier molecular flexibility index (Phi) is 4.78. The van der Waals surface area contributed by atoms with Crippen LogP contribution in [0.15, 0.2) is 41.4 Å². The van der Waals surface area contributed by atoms with Crippen LogP contribution in [0.1, 0.15) is 35.7 Å². The molecule has 2 heterocycles. The Morgan fingerprint density at radius 3 is 2.70 bits per heavy atom. The van der Waals surface area contributed by atoms with Crippen molar-refractivity contribution in [3.63, 3.8) is 0 Å². The minimum absolute atomic E-state index is 0.00506. The molecule has 0 aliphatic heterocycles. The second-order valence-corrected chi connectivity index (χ2v) is 7.67. The number of amides is 1. The summed E-state index contributed by atoms with van der Waals surface area (Å²) in [5.41, 5.74) is 9.04. The lowest BCUT2D eigenvalue weighted by Crippen LogP contribution is -2.32. The average molecular weight is 382 g/mol. The molecule has 1 saturated carbocycles. The summed E-state index contributed by atoms with van der Waals surface area (Å²) >= 11 is 1.72. The molecule has 7 heteroatoms. The van der Waals surface area contributed by atoms with Crippen molar-refractivity contribution in [3.05, 3.63) is 47.7 Å². The van der Waals surface area contributed by atoms with Crippen LogP contribution in [-0.4, -0.2) is 37.6 Å². The van der Waals surface area contributed by atoms with Gasteiger partial charge in [-0.15, -0.1) is 11.8 Å². The van der Waals surface area contributed by atoms with Gasteiger partial charge in [0.25, 0.3) is 5.91 Å². The first-order chi connectivity index (χ1) is 13.1. The Hall–Kier alpha value is -2.54. The summed E-state index contributed by atoms with van der Waals surface area (Å²) in [6.07, 6.45) is 5.82. The van der Waals surface area contributed by atoms with E-state index in [4.69, 9.17) is 5.73 Å². The van der Waals surface area contributed by atoms with Gasteiger partial charge in [-0.2, -0.15) is 0 Å². The molecule has 2 aromatic heterocycles. The van der Waals surface area contributed by atoms with E-state index in [-0.39, 0.29) is 5.91 Å². The van der Waals surface area contributed by atoms with Gasteiger partial charge in [0.1, 0.15) is 5.52 Å². The highest BCUT2D eigenvalue weighted by Gasteiger charge is 2.33. The molecule has 0 atom stereocenters. The van der Waals surface area contributed by atoms with Gasteiger partial charge in [-0.25, -0.2) is 9.97 Å². The monoisotopic (exact) mass is 381 g/mol. The highest BCUT2D eigenvalue weighted by atomic mass is 32.2. The molecule has 27 heavy (non-hydrogen) atoms. The van der Waals surface area contributed by atoms with Crippen molar-refractivity contribution >= 4 is 34.8 Å². The van der Waals surface area contributed by atoms with E-state index in [1.165, 1.54) is 4.90 Å². The van der Waals surface area contributed by atoms with Gasteiger partial charge in [-0.05, 0) is 49.8 Å². The van der Waals surface area contributed by atoms with E-state index in [2.05, 4.69) is 40.5 Å². The summed E-state index contributed by atoms with van der Waals surface area (Å²) < 4.78 is 1.84. The van der Waals surface area contributed by atoms with Crippen molar-refractivity contribution in [2.45, 2.75) is 43.8 Å². The number of benzene rings is 1. The second kappa shape index (κ2) is 7.23. The molecule has 1 aromatic carbocycles. The van der Waals surface area contributed by atoms with E-state index in [0.717, 1.165) is 24.1 Å². The standard InChI is InChI=1S/C20H23N5OS/c1-3-24-18-17(23-20(24)21)10-14(11-22-18)19(26)25(15-6-7-15)12-13-4-8-16(27-2)9-5-13/h4-5,8-11,15H,3,6-7,12H2,1-2H3,(H2,21,23). The van der Waals surface area contributed by atoms with Crippen molar-refractivity contribution in [2.24, 2.45) is 0 Å². The third-order valence-electron chi connectivity index (χ3n) is 4.94. The van der Waals surface area contributed by atoms with Crippen LogP contribution >= 0.6 is 11.8 Å². The number of hydrogen-bond acceptors (Lipinski definition) is 5. The zero-order chi connectivity index (χ0) is 19.0. The maximum absolute atomic E-state index is 13.2.